The highest BCUT2D eigenvalue weighted by Gasteiger charge is 2.37. The Hall–Kier alpha value is -0.120. The Balaban J connectivity index is 1.43. The third-order valence-electron chi connectivity index (χ3n) is 5.00. The van der Waals surface area contributed by atoms with Gasteiger partial charge >= 0.3 is 0 Å². The van der Waals surface area contributed by atoms with Gasteiger partial charge in [0.25, 0.3) is 0 Å². The fraction of sp³-hybridized carbons (Fsp3) is 1.00. The average molecular weight is 237 g/mol. The molecule has 0 spiro atoms. The minimum absolute atomic E-state index is 0.870. The van der Waals surface area contributed by atoms with Crippen LogP contribution in [0.4, 0.5) is 0 Å². The minimum atomic E-state index is 0.870. The highest BCUT2D eigenvalue weighted by molar-refractivity contribution is 4.93. The summed E-state index contributed by atoms with van der Waals surface area (Å²) in [6.07, 6.45) is 8.36. The van der Waals surface area contributed by atoms with Gasteiger partial charge in [-0.25, -0.2) is 0 Å². The average Bonchev–Trinajstić information content (AvgIpc) is 3.09. The van der Waals surface area contributed by atoms with Crippen molar-refractivity contribution in [1.82, 2.24) is 9.80 Å². The highest BCUT2D eigenvalue weighted by Crippen LogP contribution is 2.32. The second-order valence-electron chi connectivity index (χ2n) is 6.23. The van der Waals surface area contributed by atoms with E-state index in [0.717, 1.165) is 24.5 Å². The first-order chi connectivity index (χ1) is 8.36. The Kier molecular flexibility index (Phi) is 3.69. The first kappa shape index (κ1) is 11.9. The molecule has 1 unspecified atom stereocenters. The maximum Gasteiger partial charge on any atom is 0.0235 e. The van der Waals surface area contributed by atoms with Gasteiger partial charge < -0.3 is 5.73 Å². The van der Waals surface area contributed by atoms with Crippen LogP contribution < -0.4 is 5.73 Å². The van der Waals surface area contributed by atoms with E-state index in [-0.39, 0.29) is 0 Å². The predicted molar refractivity (Wildman–Crippen MR) is 71.0 cm³/mol. The molecule has 3 heteroatoms. The van der Waals surface area contributed by atoms with Crippen molar-refractivity contribution in [2.45, 2.75) is 50.6 Å². The van der Waals surface area contributed by atoms with Gasteiger partial charge in [-0.05, 0) is 64.1 Å². The van der Waals surface area contributed by atoms with Crippen molar-refractivity contribution >= 4 is 0 Å². The molecule has 17 heavy (non-hydrogen) atoms. The number of hydrogen-bond acceptors (Lipinski definition) is 3. The molecule has 3 nitrogen and oxygen atoms in total. The van der Waals surface area contributed by atoms with Crippen molar-refractivity contribution < 1.29 is 0 Å². The summed E-state index contributed by atoms with van der Waals surface area (Å²) >= 11 is 0. The van der Waals surface area contributed by atoms with Crippen LogP contribution in [0.1, 0.15) is 38.5 Å². The molecule has 98 valence electrons. The molecule has 0 radical (unpaired) electrons. The van der Waals surface area contributed by atoms with Crippen molar-refractivity contribution in [3.8, 4) is 0 Å². The van der Waals surface area contributed by atoms with E-state index in [0.29, 0.717) is 0 Å². The molecule has 1 atom stereocenters. The van der Waals surface area contributed by atoms with Gasteiger partial charge in [0, 0.05) is 25.2 Å². The van der Waals surface area contributed by atoms with Gasteiger partial charge in [-0.3, -0.25) is 9.80 Å². The van der Waals surface area contributed by atoms with Crippen molar-refractivity contribution in [2.75, 3.05) is 32.7 Å². The summed E-state index contributed by atoms with van der Waals surface area (Å²) in [5.74, 6) is 0.914. The molecule has 2 heterocycles. The lowest BCUT2D eigenvalue weighted by atomic mass is 9.92. The SMILES string of the molecule is NCCC1CCN(C2CCN(C3CC3)C2)CC1. The maximum atomic E-state index is 5.65. The van der Waals surface area contributed by atoms with Gasteiger partial charge in [0.2, 0.25) is 0 Å². The van der Waals surface area contributed by atoms with Crippen molar-refractivity contribution in [3.63, 3.8) is 0 Å². The molecular formula is C14H27N3. The van der Waals surface area contributed by atoms with Crippen LogP contribution in [-0.2, 0) is 0 Å². The van der Waals surface area contributed by atoms with Crippen LogP contribution in [0.2, 0.25) is 0 Å². The second-order valence-corrected chi connectivity index (χ2v) is 6.23. The van der Waals surface area contributed by atoms with E-state index in [9.17, 15) is 0 Å². The molecule has 0 amide bonds. The molecule has 2 saturated heterocycles. The van der Waals surface area contributed by atoms with Crippen LogP contribution in [0.5, 0.6) is 0 Å². The molecule has 0 aromatic rings. The van der Waals surface area contributed by atoms with Crippen LogP contribution in [0, 0.1) is 5.92 Å². The smallest absolute Gasteiger partial charge is 0.0235 e. The van der Waals surface area contributed by atoms with Gasteiger partial charge in [-0.1, -0.05) is 0 Å². The lowest BCUT2D eigenvalue weighted by molar-refractivity contribution is 0.130. The Labute approximate surface area is 105 Å². The standard InChI is InChI=1S/C14H27N3/c15-7-3-12-4-8-16(9-5-12)14-6-10-17(11-14)13-1-2-13/h12-14H,1-11,15H2. The third kappa shape index (κ3) is 2.83. The first-order valence-corrected chi connectivity index (χ1v) is 7.55. The van der Waals surface area contributed by atoms with E-state index in [1.807, 2.05) is 0 Å². The van der Waals surface area contributed by atoms with E-state index >= 15 is 0 Å². The summed E-state index contributed by atoms with van der Waals surface area (Å²) in [6, 6.07) is 1.84. The first-order valence-electron chi connectivity index (χ1n) is 7.55. The fourth-order valence-corrected chi connectivity index (χ4v) is 3.68. The number of rotatable bonds is 4. The summed E-state index contributed by atoms with van der Waals surface area (Å²) in [5.41, 5.74) is 5.65. The number of likely N-dealkylation sites (tertiary alicyclic amines) is 2. The molecule has 1 saturated carbocycles. The van der Waals surface area contributed by atoms with Crippen LogP contribution in [-0.4, -0.2) is 54.6 Å². The lowest BCUT2D eigenvalue weighted by Gasteiger charge is -2.36. The number of nitrogens with zero attached hydrogens (tertiary/aromatic N) is 2. The summed E-state index contributed by atoms with van der Waals surface area (Å²) < 4.78 is 0. The molecule has 0 bridgehead atoms. The van der Waals surface area contributed by atoms with Crippen LogP contribution in [0.15, 0.2) is 0 Å². The quantitative estimate of drug-likeness (QED) is 0.799. The molecular weight excluding hydrogens is 210 g/mol. The van der Waals surface area contributed by atoms with E-state index in [1.54, 1.807) is 0 Å². The molecule has 0 aromatic heterocycles. The van der Waals surface area contributed by atoms with Gasteiger partial charge in [0.15, 0.2) is 0 Å². The number of piperidine rings is 1. The zero-order valence-corrected chi connectivity index (χ0v) is 11.0. The van der Waals surface area contributed by atoms with Crippen LogP contribution in [0.3, 0.4) is 0 Å². The van der Waals surface area contributed by atoms with Gasteiger partial charge in [-0.15, -0.1) is 0 Å². The predicted octanol–water partition coefficient (Wildman–Crippen LogP) is 1.28. The minimum Gasteiger partial charge on any atom is -0.330 e. The summed E-state index contributed by atoms with van der Waals surface area (Å²) in [7, 11) is 0. The normalized spacial score (nSPS) is 33.4. The van der Waals surface area contributed by atoms with Crippen LogP contribution >= 0.6 is 0 Å². The van der Waals surface area contributed by atoms with E-state index < -0.39 is 0 Å². The molecule has 3 rings (SSSR count). The van der Waals surface area contributed by atoms with Gasteiger partial charge in [0.1, 0.15) is 0 Å². The molecule has 2 aliphatic heterocycles. The van der Waals surface area contributed by atoms with E-state index in [4.69, 9.17) is 5.73 Å². The number of hydrogen-bond donors (Lipinski definition) is 1. The Morgan fingerprint density at radius 3 is 2.18 bits per heavy atom. The topological polar surface area (TPSA) is 32.5 Å². The molecule has 3 aliphatic rings. The molecule has 2 N–H and O–H groups in total. The van der Waals surface area contributed by atoms with Gasteiger partial charge in [0.05, 0.1) is 0 Å². The largest absolute Gasteiger partial charge is 0.330 e. The monoisotopic (exact) mass is 237 g/mol. The maximum absolute atomic E-state index is 5.65. The third-order valence-corrected chi connectivity index (χ3v) is 5.00. The summed E-state index contributed by atoms with van der Waals surface area (Å²) in [5, 5.41) is 0. The Morgan fingerprint density at radius 1 is 0.824 bits per heavy atom. The van der Waals surface area contributed by atoms with Crippen molar-refractivity contribution in [1.29, 1.82) is 0 Å². The van der Waals surface area contributed by atoms with E-state index in [2.05, 4.69) is 9.80 Å². The zero-order chi connectivity index (χ0) is 11.7. The molecule has 3 fully saturated rings. The zero-order valence-electron chi connectivity index (χ0n) is 11.0. The van der Waals surface area contributed by atoms with Crippen molar-refractivity contribution in [2.24, 2.45) is 11.7 Å². The summed E-state index contributed by atoms with van der Waals surface area (Å²) in [4.78, 5) is 5.49. The van der Waals surface area contributed by atoms with Gasteiger partial charge in [-0.2, -0.15) is 0 Å². The van der Waals surface area contributed by atoms with E-state index in [1.165, 1.54) is 64.7 Å². The van der Waals surface area contributed by atoms with Crippen LogP contribution in [0.25, 0.3) is 0 Å². The number of nitrogens with two attached hydrogens (primary N) is 1. The Morgan fingerprint density at radius 2 is 1.53 bits per heavy atom. The lowest BCUT2D eigenvalue weighted by Crippen LogP contribution is -2.43. The molecule has 0 aromatic carbocycles. The molecule has 1 aliphatic carbocycles. The fourth-order valence-electron chi connectivity index (χ4n) is 3.68. The highest BCUT2D eigenvalue weighted by atomic mass is 15.3. The Bertz CT molecular complexity index is 244. The second kappa shape index (κ2) is 5.25. The summed E-state index contributed by atoms with van der Waals surface area (Å²) in [6.45, 7) is 6.25. The van der Waals surface area contributed by atoms with Crippen molar-refractivity contribution in [3.05, 3.63) is 0 Å².